The molecule has 1 aliphatic carbocycles. The molecular formula is C14H24N4O2S2. The Balaban J connectivity index is 1.83. The fourth-order valence-electron chi connectivity index (χ4n) is 3.23. The third kappa shape index (κ3) is 2.94. The van der Waals surface area contributed by atoms with Crippen LogP contribution in [0, 0.1) is 6.92 Å². The zero-order valence-electron chi connectivity index (χ0n) is 13.4. The molecular weight excluding hydrogens is 320 g/mol. The Morgan fingerprint density at radius 3 is 2.64 bits per heavy atom. The van der Waals surface area contributed by atoms with Gasteiger partial charge >= 0.3 is 0 Å². The number of hydrogen-bond donors (Lipinski definition) is 0. The molecule has 1 aromatic heterocycles. The average Bonchev–Trinajstić information content (AvgIpc) is 2.87. The summed E-state index contributed by atoms with van der Waals surface area (Å²) in [4.78, 5) is 7.87. The summed E-state index contributed by atoms with van der Waals surface area (Å²) in [6, 6.07) is -0.0559. The predicted octanol–water partition coefficient (Wildman–Crippen LogP) is 1.25. The lowest BCUT2D eigenvalue weighted by Crippen LogP contribution is -2.52. The molecule has 0 radical (unpaired) electrons. The number of fused-ring (bicyclic) bond motifs is 1. The van der Waals surface area contributed by atoms with Gasteiger partial charge in [-0.2, -0.15) is 17.0 Å². The standard InChI is InChI=1S/C14H24N4O2S2/c1-11-15-12-5-4-6-13(14(12)21-11)17(3)22(19,20)18-9-7-16(2)8-10-18/h13H,4-10H2,1-3H3. The summed E-state index contributed by atoms with van der Waals surface area (Å²) in [6.07, 6.45) is 2.86. The van der Waals surface area contributed by atoms with Gasteiger partial charge in [-0.1, -0.05) is 0 Å². The van der Waals surface area contributed by atoms with Gasteiger partial charge in [0.15, 0.2) is 0 Å². The van der Waals surface area contributed by atoms with Gasteiger partial charge in [-0.15, -0.1) is 11.3 Å². The van der Waals surface area contributed by atoms with Crippen LogP contribution in [0.15, 0.2) is 0 Å². The molecule has 1 aliphatic heterocycles. The van der Waals surface area contributed by atoms with Crippen molar-refractivity contribution in [2.24, 2.45) is 0 Å². The van der Waals surface area contributed by atoms with Gasteiger partial charge in [0.1, 0.15) is 0 Å². The van der Waals surface area contributed by atoms with E-state index in [0.717, 1.165) is 47.9 Å². The van der Waals surface area contributed by atoms with Gasteiger partial charge in [0.05, 0.1) is 16.7 Å². The SMILES string of the molecule is Cc1nc2c(s1)C(N(C)S(=O)(=O)N1CCN(C)CC1)CCC2. The summed E-state index contributed by atoms with van der Waals surface area (Å²) in [5, 5.41) is 1.03. The van der Waals surface area contributed by atoms with Crippen LogP contribution in [-0.4, -0.2) is 67.2 Å². The van der Waals surface area contributed by atoms with Crippen molar-refractivity contribution in [3.63, 3.8) is 0 Å². The molecule has 6 nitrogen and oxygen atoms in total. The smallest absolute Gasteiger partial charge is 0.282 e. The summed E-state index contributed by atoms with van der Waals surface area (Å²) in [5.41, 5.74) is 1.10. The minimum atomic E-state index is -3.40. The third-order valence-electron chi connectivity index (χ3n) is 4.62. The van der Waals surface area contributed by atoms with Crippen LogP contribution in [0.25, 0.3) is 0 Å². The first kappa shape index (κ1) is 16.3. The maximum absolute atomic E-state index is 12.9. The Labute approximate surface area is 136 Å². The molecule has 22 heavy (non-hydrogen) atoms. The van der Waals surface area contributed by atoms with E-state index in [0.29, 0.717) is 13.1 Å². The molecule has 0 saturated carbocycles. The van der Waals surface area contributed by atoms with Crippen LogP contribution in [-0.2, 0) is 16.6 Å². The molecule has 1 unspecified atom stereocenters. The molecule has 124 valence electrons. The zero-order valence-corrected chi connectivity index (χ0v) is 15.1. The molecule has 0 bridgehead atoms. The fourth-order valence-corrected chi connectivity index (χ4v) is 5.97. The monoisotopic (exact) mass is 344 g/mol. The molecule has 1 atom stereocenters. The van der Waals surface area contributed by atoms with E-state index in [9.17, 15) is 8.42 Å². The molecule has 1 aromatic rings. The lowest BCUT2D eigenvalue weighted by atomic mass is 9.98. The summed E-state index contributed by atoms with van der Waals surface area (Å²) < 4.78 is 29.0. The van der Waals surface area contributed by atoms with Crippen LogP contribution in [0.1, 0.15) is 34.5 Å². The van der Waals surface area contributed by atoms with Crippen molar-refractivity contribution in [2.75, 3.05) is 40.3 Å². The first-order valence-corrected chi connectivity index (χ1v) is 9.99. The number of piperazine rings is 1. The van der Waals surface area contributed by atoms with Gasteiger partial charge in [0.2, 0.25) is 0 Å². The van der Waals surface area contributed by atoms with E-state index in [4.69, 9.17) is 0 Å². The topological polar surface area (TPSA) is 56.8 Å². The van der Waals surface area contributed by atoms with Gasteiger partial charge in [0.25, 0.3) is 10.2 Å². The number of hydrogen-bond acceptors (Lipinski definition) is 5. The normalized spacial score (nSPS) is 24.6. The van der Waals surface area contributed by atoms with Crippen LogP contribution < -0.4 is 0 Å². The number of thiazole rings is 1. The first-order chi connectivity index (χ1) is 10.4. The second-order valence-corrected chi connectivity index (χ2v) is 9.40. The molecule has 8 heteroatoms. The number of aryl methyl sites for hydroxylation is 2. The van der Waals surface area contributed by atoms with Crippen molar-refractivity contribution in [1.82, 2.24) is 18.5 Å². The number of nitrogens with zero attached hydrogens (tertiary/aromatic N) is 4. The fraction of sp³-hybridized carbons (Fsp3) is 0.786. The van der Waals surface area contributed by atoms with Crippen molar-refractivity contribution in [3.8, 4) is 0 Å². The van der Waals surface area contributed by atoms with Gasteiger partial charge in [-0.25, -0.2) is 4.98 Å². The quantitative estimate of drug-likeness (QED) is 0.828. The predicted molar refractivity (Wildman–Crippen MR) is 88.3 cm³/mol. The molecule has 0 N–H and O–H groups in total. The Kier molecular flexibility index (Phi) is 4.57. The molecule has 2 heterocycles. The van der Waals surface area contributed by atoms with Gasteiger partial charge in [-0.3, -0.25) is 0 Å². The van der Waals surface area contributed by atoms with Gasteiger partial charge in [0, 0.05) is 38.1 Å². The van der Waals surface area contributed by atoms with E-state index >= 15 is 0 Å². The maximum atomic E-state index is 12.9. The van der Waals surface area contributed by atoms with E-state index in [1.54, 1.807) is 27.0 Å². The molecule has 0 aromatic carbocycles. The molecule has 1 saturated heterocycles. The Morgan fingerprint density at radius 1 is 1.27 bits per heavy atom. The average molecular weight is 345 g/mol. The summed E-state index contributed by atoms with van der Waals surface area (Å²) in [7, 11) is 0.354. The highest BCUT2D eigenvalue weighted by molar-refractivity contribution is 7.86. The van der Waals surface area contributed by atoms with Crippen molar-refractivity contribution >= 4 is 21.5 Å². The van der Waals surface area contributed by atoms with Crippen LogP contribution in [0.5, 0.6) is 0 Å². The second-order valence-electron chi connectivity index (χ2n) is 6.18. The summed E-state index contributed by atoms with van der Waals surface area (Å²) >= 11 is 1.65. The van der Waals surface area contributed by atoms with E-state index in [2.05, 4.69) is 9.88 Å². The summed E-state index contributed by atoms with van der Waals surface area (Å²) in [5.74, 6) is 0. The van der Waals surface area contributed by atoms with Crippen molar-refractivity contribution in [3.05, 3.63) is 15.6 Å². The van der Waals surface area contributed by atoms with Crippen molar-refractivity contribution in [2.45, 2.75) is 32.2 Å². The van der Waals surface area contributed by atoms with Gasteiger partial charge < -0.3 is 4.90 Å². The highest BCUT2D eigenvalue weighted by atomic mass is 32.2. The molecule has 0 spiro atoms. The maximum Gasteiger partial charge on any atom is 0.282 e. The van der Waals surface area contributed by atoms with E-state index < -0.39 is 10.2 Å². The van der Waals surface area contributed by atoms with Crippen LogP contribution in [0.3, 0.4) is 0 Å². The van der Waals surface area contributed by atoms with E-state index in [-0.39, 0.29) is 6.04 Å². The summed E-state index contributed by atoms with van der Waals surface area (Å²) in [6.45, 7) is 4.73. The third-order valence-corrected chi connectivity index (χ3v) is 7.73. The van der Waals surface area contributed by atoms with Crippen LogP contribution in [0.4, 0.5) is 0 Å². The van der Waals surface area contributed by atoms with Crippen molar-refractivity contribution < 1.29 is 8.42 Å². The van der Waals surface area contributed by atoms with Crippen LogP contribution in [0.2, 0.25) is 0 Å². The molecule has 1 fully saturated rings. The largest absolute Gasteiger partial charge is 0.304 e. The van der Waals surface area contributed by atoms with E-state index in [1.807, 2.05) is 14.0 Å². The minimum absolute atomic E-state index is 0.0559. The highest BCUT2D eigenvalue weighted by Crippen LogP contribution is 2.38. The molecule has 3 rings (SSSR count). The first-order valence-electron chi connectivity index (χ1n) is 7.77. The van der Waals surface area contributed by atoms with Gasteiger partial charge in [-0.05, 0) is 33.2 Å². The number of likely N-dealkylation sites (N-methyl/N-ethyl adjacent to an activating group) is 1. The number of aromatic nitrogens is 1. The van der Waals surface area contributed by atoms with E-state index in [1.165, 1.54) is 0 Å². The lowest BCUT2D eigenvalue weighted by molar-refractivity contribution is 0.207. The number of rotatable bonds is 3. The zero-order chi connectivity index (χ0) is 15.9. The second kappa shape index (κ2) is 6.16. The Morgan fingerprint density at radius 2 is 1.95 bits per heavy atom. The Hall–Kier alpha value is -0.540. The van der Waals surface area contributed by atoms with Crippen LogP contribution >= 0.6 is 11.3 Å². The molecule has 2 aliphatic rings. The molecule has 0 amide bonds. The minimum Gasteiger partial charge on any atom is -0.304 e. The van der Waals surface area contributed by atoms with Crippen molar-refractivity contribution in [1.29, 1.82) is 0 Å². The highest BCUT2D eigenvalue weighted by Gasteiger charge is 2.37. The lowest BCUT2D eigenvalue weighted by Gasteiger charge is -2.37. The Bertz CT molecular complexity index is 635.